The summed E-state index contributed by atoms with van der Waals surface area (Å²) in [7, 11) is 0. The maximum Gasteiger partial charge on any atom is 0.253 e. The third-order valence-corrected chi connectivity index (χ3v) is 4.19. The monoisotopic (exact) mass is 334 g/mol. The molecule has 0 aliphatic rings. The number of hydrogen-bond acceptors (Lipinski definition) is 3. The highest BCUT2D eigenvalue weighted by atomic mass is 35.5. The second kappa shape index (κ2) is 8.02. The average molecular weight is 335 g/mol. The Bertz CT molecular complexity index is 647. The van der Waals surface area contributed by atoms with E-state index in [2.05, 4.69) is 17.2 Å². The summed E-state index contributed by atoms with van der Waals surface area (Å²) < 4.78 is 2.01. The predicted molar refractivity (Wildman–Crippen MR) is 93.9 cm³/mol. The first-order valence-corrected chi connectivity index (χ1v) is 8.31. The molecule has 23 heavy (non-hydrogen) atoms. The Labute approximate surface area is 142 Å². The topological polar surface area (TPSA) is 50.2 Å². The van der Waals surface area contributed by atoms with Crippen molar-refractivity contribution in [3.8, 4) is 0 Å². The van der Waals surface area contributed by atoms with E-state index in [1.807, 2.05) is 47.6 Å². The number of amides is 1. The molecule has 1 amide bonds. The number of nitrogens with zero attached hydrogens (tertiary/aromatic N) is 3. The lowest BCUT2D eigenvalue weighted by Crippen LogP contribution is -2.30. The molecule has 1 N–H and O–H groups in total. The van der Waals surface area contributed by atoms with Crippen LogP contribution in [-0.2, 0) is 13.1 Å². The molecule has 6 heteroatoms. The number of carbonyl (C=O) groups is 1. The standard InChI is InChI=1S/C17H23ClN4O/c1-4-21(5-2)17(23)13-7-9-14(10-8-13)19-11-15-16(18)20-12-22(15)6-3/h7-10,12,19H,4-6,11H2,1-3H3. The maximum absolute atomic E-state index is 12.3. The molecule has 2 rings (SSSR count). The van der Waals surface area contributed by atoms with Crippen LogP contribution in [0.15, 0.2) is 30.6 Å². The summed E-state index contributed by atoms with van der Waals surface area (Å²) in [5.74, 6) is 0.0636. The number of hydrogen-bond donors (Lipinski definition) is 1. The molecule has 5 nitrogen and oxygen atoms in total. The van der Waals surface area contributed by atoms with E-state index in [4.69, 9.17) is 11.6 Å². The lowest BCUT2D eigenvalue weighted by atomic mass is 10.1. The fourth-order valence-corrected chi connectivity index (χ4v) is 2.66. The predicted octanol–water partition coefficient (Wildman–Crippen LogP) is 3.65. The van der Waals surface area contributed by atoms with E-state index in [1.54, 1.807) is 6.33 Å². The van der Waals surface area contributed by atoms with Crippen LogP contribution < -0.4 is 5.32 Å². The minimum absolute atomic E-state index is 0.0636. The molecule has 0 saturated carbocycles. The first-order valence-electron chi connectivity index (χ1n) is 7.93. The summed E-state index contributed by atoms with van der Waals surface area (Å²) in [5, 5.41) is 3.84. The molecule has 0 saturated heterocycles. The molecule has 0 fully saturated rings. The second-order valence-corrected chi connectivity index (χ2v) is 5.53. The van der Waals surface area contributed by atoms with Crippen molar-refractivity contribution in [2.24, 2.45) is 0 Å². The molecule has 0 unspecified atom stereocenters. The first kappa shape index (κ1) is 17.3. The minimum atomic E-state index is 0.0636. The summed E-state index contributed by atoms with van der Waals surface area (Å²) >= 11 is 6.10. The van der Waals surface area contributed by atoms with Gasteiger partial charge in [0.1, 0.15) is 0 Å². The van der Waals surface area contributed by atoms with Crippen molar-refractivity contribution in [2.45, 2.75) is 33.9 Å². The molecule has 0 atom stereocenters. The molecule has 1 heterocycles. The van der Waals surface area contributed by atoms with Gasteiger partial charge in [0.15, 0.2) is 5.15 Å². The molecule has 0 radical (unpaired) electrons. The number of aryl methyl sites for hydroxylation is 1. The number of carbonyl (C=O) groups excluding carboxylic acids is 1. The Morgan fingerprint density at radius 1 is 1.22 bits per heavy atom. The zero-order valence-electron chi connectivity index (χ0n) is 13.8. The molecule has 0 bridgehead atoms. The number of imidazole rings is 1. The van der Waals surface area contributed by atoms with Crippen LogP contribution in [-0.4, -0.2) is 33.4 Å². The fourth-order valence-electron chi connectivity index (χ4n) is 2.44. The van der Waals surface area contributed by atoms with Gasteiger partial charge in [0.25, 0.3) is 5.91 Å². The molecule has 1 aromatic carbocycles. The molecule has 1 aromatic heterocycles. The summed E-state index contributed by atoms with van der Waals surface area (Å²) in [6.07, 6.45) is 1.74. The van der Waals surface area contributed by atoms with Crippen molar-refractivity contribution < 1.29 is 4.79 Å². The smallest absolute Gasteiger partial charge is 0.253 e. The average Bonchev–Trinajstić information content (AvgIpc) is 2.94. The van der Waals surface area contributed by atoms with Crippen LogP contribution in [0.5, 0.6) is 0 Å². The molecular formula is C17H23ClN4O. The molecule has 0 spiro atoms. The van der Waals surface area contributed by atoms with Crippen LogP contribution in [0, 0.1) is 0 Å². The number of halogens is 1. The van der Waals surface area contributed by atoms with E-state index >= 15 is 0 Å². The number of aromatic nitrogens is 2. The van der Waals surface area contributed by atoms with E-state index in [1.165, 1.54) is 0 Å². The van der Waals surface area contributed by atoms with E-state index in [9.17, 15) is 4.79 Å². The van der Waals surface area contributed by atoms with Crippen molar-refractivity contribution in [3.63, 3.8) is 0 Å². The van der Waals surface area contributed by atoms with Crippen LogP contribution >= 0.6 is 11.6 Å². The Morgan fingerprint density at radius 3 is 2.43 bits per heavy atom. The van der Waals surface area contributed by atoms with Gasteiger partial charge < -0.3 is 14.8 Å². The first-order chi connectivity index (χ1) is 11.1. The number of benzene rings is 1. The van der Waals surface area contributed by atoms with Gasteiger partial charge in [0.2, 0.25) is 0 Å². The normalized spacial score (nSPS) is 10.6. The molecule has 124 valence electrons. The van der Waals surface area contributed by atoms with Crippen molar-refractivity contribution in [2.75, 3.05) is 18.4 Å². The van der Waals surface area contributed by atoms with Crippen LogP contribution in [0.1, 0.15) is 36.8 Å². The SMILES string of the molecule is CCN(CC)C(=O)c1ccc(NCc2c(Cl)ncn2CC)cc1. The molecule has 0 aliphatic heterocycles. The van der Waals surface area contributed by atoms with Crippen molar-refractivity contribution in [1.29, 1.82) is 0 Å². The summed E-state index contributed by atoms with van der Waals surface area (Å²) in [4.78, 5) is 18.2. The van der Waals surface area contributed by atoms with Gasteiger partial charge in [-0.25, -0.2) is 4.98 Å². The third-order valence-electron chi connectivity index (χ3n) is 3.88. The van der Waals surface area contributed by atoms with Crippen LogP contribution in [0.2, 0.25) is 5.15 Å². The molecule has 0 aliphatic carbocycles. The summed E-state index contributed by atoms with van der Waals surface area (Å²) in [6.45, 7) is 8.87. The van der Waals surface area contributed by atoms with Crippen LogP contribution in [0.4, 0.5) is 5.69 Å². The second-order valence-electron chi connectivity index (χ2n) is 5.18. The third kappa shape index (κ3) is 4.05. The summed E-state index contributed by atoms with van der Waals surface area (Å²) in [6, 6.07) is 7.53. The van der Waals surface area contributed by atoms with Crippen molar-refractivity contribution in [1.82, 2.24) is 14.5 Å². The van der Waals surface area contributed by atoms with Crippen molar-refractivity contribution in [3.05, 3.63) is 47.0 Å². The van der Waals surface area contributed by atoms with Crippen LogP contribution in [0.25, 0.3) is 0 Å². The van der Waals surface area contributed by atoms with Gasteiger partial charge >= 0.3 is 0 Å². The van der Waals surface area contributed by atoms with E-state index in [-0.39, 0.29) is 5.91 Å². The molecule has 2 aromatic rings. The number of anilines is 1. The highest BCUT2D eigenvalue weighted by molar-refractivity contribution is 6.30. The fraction of sp³-hybridized carbons (Fsp3) is 0.412. The van der Waals surface area contributed by atoms with Gasteiger partial charge in [0, 0.05) is 30.9 Å². The van der Waals surface area contributed by atoms with E-state index in [0.29, 0.717) is 17.3 Å². The van der Waals surface area contributed by atoms with Gasteiger partial charge in [-0.15, -0.1) is 0 Å². The Kier molecular flexibility index (Phi) is 6.04. The zero-order chi connectivity index (χ0) is 16.8. The van der Waals surface area contributed by atoms with Crippen LogP contribution in [0.3, 0.4) is 0 Å². The van der Waals surface area contributed by atoms with Gasteiger partial charge in [-0.3, -0.25) is 4.79 Å². The van der Waals surface area contributed by atoms with Gasteiger partial charge in [-0.05, 0) is 45.0 Å². The zero-order valence-corrected chi connectivity index (χ0v) is 14.6. The Balaban J connectivity index is 2.03. The largest absolute Gasteiger partial charge is 0.379 e. The minimum Gasteiger partial charge on any atom is -0.379 e. The highest BCUT2D eigenvalue weighted by Crippen LogP contribution is 2.17. The lowest BCUT2D eigenvalue weighted by molar-refractivity contribution is 0.0773. The van der Waals surface area contributed by atoms with Gasteiger partial charge in [-0.2, -0.15) is 0 Å². The number of rotatable bonds is 7. The van der Waals surface area contributed by atoms with E-state index in [0.717, 1.165) is 31.0 Å². The quantitative estimate of drug-likeness (QED) is 0.840. The van der Waals surface area contributed by atoms with Crippen molar-refractivity contribution >= 4 is 23.2 Å². The number of nitrogens with one attached hydrogen (secondary N) is 1. The summed E-state index contributed by atoms with van der Waals surface area (Å²) in [5.41, 5.74) is 2.61. The Hall–Kier alpha value is -2.01. The Morgan fingerprint density at radius 2 is 1.87 bits per heavy atom. The highest BCUT2D eigenvalue weighted by Gasteiger charge is 2.12. The van der Waals surface area contributed by atoms with E-state index < -0.39 is 0 Å². The lowest BCUT2D eigenvalue weighted by Gasteiger charge is -2.18. The maximum atomic E-state index is 12.3. The molecular weight excluding hydrogens is 312 g/mol. The van der Waals surface area contributed by atoms with Gasteiger partial charge in [0.05, 0.1) is 18.6 Å². The van der Waals surface area contributed by atoms with Gasteiger partial charge in [-0.1, -0.05) is 11.6 Å².